The summed E-state index contributed by atoms with van der Waals surface area (Å²) in [4.78, 5) is 37.1. The summed E-state index contributed by atoms with van der Waals surface area (Å²) in [5, 5.41) is 0. The fourth-order valence-corrected chi connectivity index (χ4v) is 2.63. The van der Waals surface area contributed by atoms with Crippen molar-refractivity contribution in [2.75, 3.05) is 6.61 Å². The first-order chi connectivity index (χ1) is 12.0. The molecule has 0 atom stereocenters. The summed E-state index contributed by atoms with van der Waals surface area (Å²) in [6, 6.07) is 7.21. The monoisotopic (exact) mass is 407 g/mol. The van der Waals surface area contributed by atoms with Crippen LogP contribution in [0.2, 0.25) is 0 Å². The van der Waals surface area contributed by atoms with Gasteiger partial charge in [0.15, 0.2) is 0 Å². The van der Waals surface area contributed by atoms with Gasteiger partial charge in [-0.1, -0.05) is 34.1 Å². The minimum atomic E-state index is -0.687. The van der Waals surface area contributed by atoms with E-state index in [4.69, 9.17) is 4.74 Å². The molecule has 0 spiro atoms. The molecule has 1 aromatic heterocycles. The molecule has 0 aliphatic rings. The van der Waals surface area contributed by atoms with Crippen LogP contribution in [-0.4, -0.2) is 20.3 Å². The first-order valence-corrected chi connectivity index (χ1v) is 8.33. The van der Waals surface area contributed by atoms with E-state index in [1.165, 1.54) is 12.2 Å². The molecule has 0 unspecified atom stereocenters. The molecule has 132 valence electrons. The smallest absolute Gasteiger partial charge is 0.336 e. The first-order valence-electron chi connectivity index (χ1n) is 7.54. The topological polar surface area (TPSA) is 75.2 Å². The van der Waals surface area contributed by atoms with E-state index in [0.717, 1.165) is 18.2 Å². The molecule has 0 radical (unpaired) electrons. The van der Waals surface area contributed by atoms with Gasteiger partial charge in [-0.05, 0) is 18.2 Å². The van der Waals surface area contributed by atoms with Gasteiger partial charge in [-0.3, -0.25) is 0 Å². The largest absolute Gasteiger partial charge is 0.492 e. The molecule has 8 heteroatoms. The van der Waals surface area contributed by atoms with E-state index in [2.05, 4.69) is 29.1 Å². The molecule has 2 rings (SSSR count). The standard InChI is InChI=1S/C17H18BrN3O4/c1-3-8-19-15(22)20(9-4-2)17(24)21(16(19)23)10-11-25-14-7-5-6-13(18)12-14/h3-7,12H,1-2,8-11H2. The van der Waals surface area contributed by atoms with E-state index < -0.39 is 17.1 Å². The lowest BCUT2D eigenvalue weighted by atomic mass is 10.3. The van der Waals surface area contributed by atoms with E-state index in [0.29, 0.717) is 5.75 Å². The Morgan fingerprint density at radius 3 is 2.04 bits per heavy atom. The molecule has 0 bridgehead atoms. The van der Waals surface area contributed by atoms with Crippen molar-refractivity contribution in [3.63, 3.8) is 0 Å². The van der Waals surface area contributed by atoms with Crippen molar-refractivity contribution in [2.24, 2.45) is 0 Å². The van der Waals surface area contributed by atoms with Crippen LogP contribution in [0.3, 0.4) is 0 Å². The van der Waals surface area contributed by atoms with Crippen molar-refractivity contribution < 1.29 is 4.74 Å². The Bertz CT molecular complexity index is 907. The van der Waals surface area contributed by atoms with E-state index in [1.54, 1.807) is 12.1 Å². The number of allylic oxidation sites excluding steroid dienone is 2. The number of hydrogen-bond acceptors (Lipinski definition) is 4. The fourth-order valence-electron chi connectivity index (χ4n) is 2.26. The molecule has 0 saturated heterocycles. The maximum atomic E-state index is 12.4. The summed E-state index contributed by atoms with van der Waals surface area (Å²) >= 11 is 3.34. The van der Waals surface area contributed by atoms with Gasteiger partial charge in [-0.15, -0.1) is 13.2 Å². The van der Waals surface area contributed by atoms with E-state index in [1.807, 2.05) is 12.1 Å². The maximum Gasteiger partial charge on any atom is 0.336 e. The molecule has 1 aromatic carbocycles. The number of rotatable bonds is 8. The molecular formula is C17H18BrN3O4. The Balaban J connectivity index is 2.34. The number of ether oxygens (including phenoxy) is 1. The molecular weight excluding hydrogens is 390 g/mol. The highest BCUT2D eigenvalue weighted by Gasteiger charge is 2.14. The molecule has 25 heavy (non-hydrogen) atoms. The molecule has 0 saturated carbocycles. The summed E-state index contributed by atoms with van der Waals surface area (Å²) in [7, 11) is 0. The van der Waals surface area contributed by atoms with Crippen LogP contribution < -0.4 is 21.8 Å². The average Bonchev–Trinajstić information content (AvgIpc) is 2.59. The van der Waals surface area contributed by atoms with Crippen LogP contribution in [0.25, 0.3) is 0 Å². The van der Waals surface area contributed by atoms with Gasteiger partial charge < -0.3 is 4.74 Å². The van der Waals surface area contributed by atoms with Gasteiger partial charge in [0.25, 0.3) is 0 Å². The van der Waals surface area contributed by atoms with Crippen molar-refractivity contribution in [3.8, 4) is 5.75 Å². The van der Waals surface area contributed by atoms with Gasteiger partial charge in [-0.25, -0.2) is 28.1 Å². The first kappa shape index (κ1) is 18.7. The molecule has 2 aromatic rings. The van der Waals surface area contributed by atoms with Crippen molar-refractivity contribution in [1.82, 2.24) is 13.7 Å². The second kappa shape index (κ2) is 8.48. The highest BCUT2D eigenvalue weighted by atomic mass is 79.9. The number of halogens is 1. The van der Waals surface area contributed by atoms with Crippen LogP contribution >= 0.6 is 15.9 Å². The molecule has 0 amide bonds. The van der Waals surface area contributed by atoms with Crippen LogP contribution in [0.5, 0.6) is 5.75 Å². The fraction of sp³-hybridized carbons (Fsp3) is 0.235. The summed E-state index contributed by atoms with van der Waals surface area (Å²) in [5.41, 5.74) is -2.06. The Morgan fingerprint density at radius 1 is 0.960 bits per heavy atom. The zero-order chi connectivity index (χ0) is 18.4. The lowest BCUT2D eigenvalue weighted by Gasteiger charge is -2.12. The Kier molecular flexibility index (Phi) is 6.35. The predicted octanol–water partition coefficient (Wildman–Crippen LogP) is 1.39. The molecule has 7 nitrogen and oxygen atoms in total. The SMILES string of the molecule is C=CCn1c(=O)n(CC=C)c(=O)n(CCOc2cccc(Br)c2)c1=O. The Hall–Kier alpha value is -2.61. The minimum Gasteiger partial charge on any atom is -0.492 e. The van der Waals surface area contributed by atoms with Gasteiger partial charge >= 0.3 is 17.1 Å². The lowest BCUT2D eigenvalue weighted by molar-refractivity contribution is 0.286. The summed E-state index contributed by atoms with van der Waals surface area (Å²) in [6.45, 7) is 7.21. The third-order valence-electron chi connectivity index (χ3n) is 3.39. The second-order valence-electron chi connectivity index (χ2n) is 5.10. The summed E-state index contributed by atoms with van der Waals surface area (Å²) < 4.78 is 9.31. The van der Waals surface area contributed by atoms with Crippen molar-refractivity contribution >= 4 is 15.9 Å². The second-order valence-corrected chi connectivity index (χ2v) is 6.02. The third kappa shape index (κ3) is 4.27. The van der Waals surface area contributed by atoms with E-state index >= 15 is 0 Å². The minimum absolute atomic E-state index is 0.0126. The van der Waals surface area contributed by atoms with Crippen LogP contribution in [0.15, 0.2) is 68.4 Å². The molecule has 0 aliphatic heterocycles. The van der Waals surface area contributed by atoms with Crippen molar-refractivity contribution in [3.05, 3.63) is 85.5 Å². The normalized spacial score (nSPS) is 10.4. The van der Waals surface area contributed by atoms with E-state index in [9.17, 15) is 14.4 Å². The van der Waals surface area contributed by atoms with E-state index in [-0.39, 0.29) is 26.2 Å². The van der Waals surface area contributed by atoms with Crippen LogP contribution in [0, 0.1) is 0 Å². The maximum absolute atomic E-state index is 12.4. The number of benzene rings is 1. The van der Waals surface area contributed by atoms with Gasteiger partial charge in [0.05, 0.1) is 19.6 Å². The van der Waals surface area contributed by atoms with Crippen LogP contribution in [0.1, 0.15) is 0 Å². The molecule has 0 aliphatic carbocycles. The summed E-state index contributed by atoms with van der Waals surface area (Å²) in [5.74, 6) is 0.605. The average molecular weight is 408 g/mol. The van der Waals surface area contributed by atoms with Gasteiger partial charge in [0, 0.05) is 4.47 Å². The number of aromatic nitrogens is 3. The highest BCUT2D eigenvalue weighted by molar-refractivity contribution is 9.10. The van der Waals surface area contributed by atoms with Gasteiger partial charge in [0.1, 0.15) is 12.4 Å². The van der Waals surface area contributed by atoms with Crippen molar-refractivity contribution in [1.29, 1.82) is 0 Å². The van der Waals surface area contributed by atoms with Crippen LogP contribution in [-0.2, 0) is 19.6 Å². The Morgan fingerprint density at radius 2 is 1.52 bits per heavy atom. The van der Waals surface area contributed by atoms with Gasteiger partial charge in [0.2, 0.25) is 0 Å². The number of hydrogen-bond donors (Lipinski definition) is 0. The predicted molar refractivity (Wildman–Crippen MR) is 99.3 cm³/mol. The summed E-state index contributed by atoms with van der Waals surface area (Å²) in [6.07, 6.45) is 2.85. The van der Waals surface area contributed by atoms with Crippen LogP contribution in [0.4, 0.5) is 0 Å². The Labute approximate surface area is 152 Å². The van der Waals surface area contributed by atoms with Gasteiger partial charge in [-0.2, -0.15) is 0 Å². The molecule has 0 fully saturated rings. The highest BCUT2D eigenvalue weighted by Crippen LogP contribution is 2.17. The number of nitrogens with zero attached hydrogens (tertiary/aromatic N) is 3. The quantitative estimate of drug-likeness (QED) is 0.619. The zero-order valence-electron chi connectivity index (χ0n) is 13.6. The lowest BCUT2D eigenvalue weighted by Crippen LogP contribution is -2.54. The third-order valence-corrected chi connectivity index (χ3v) is 3.88. The molecule has 0 N–H and O–H groups in total. The van der Waals surface area contributed by atoms with Crippen molar-refractivity contribution in [2.45, 2.75) is 19.6 Å². The zero-order valence-corrected chi connectivity index (χ0v) is 15.1. The molecule has 1 heterocycles.